The average Bonchev–Trinajstić information content (AvgIpc) is 2.56. The number of hydrogen-bond donors (Lipinski definition) is 0. The van der Waals surface area contributed by atoms with Gasteiger partial charge in [0, 0.05) is 6.54 Å². The van der Waals surface area contributed by atoms with Crippen LogP contribution in [-0.2, 0) is 6.42 Å². The third-order valence-corrected chi connectivity index (χ3v) is 4.47. The van der Waals surface area contributed by atoms with Gasteiger partial charge in [-0.2, -0.15) is 0 Å². The van der Waals surface area contributed by atoms with Gasteiger partial charge in [-0.1, -0.05) is 49.4 Å². The Morgan fingerprint density at radius 3 is 2.29 bits per heavy atom. The topological polar surface area (TPSA) is 12.5 Å². The lowest BCUT2D eigenvalue weighted by molar-refractivity contribution is 0.282. The number of benzene rings is 2. The predicted molar refractivity (Wildman–Crippen MR) is 105 cm³/mol. The van der Waals surface area contributed by atoms with Gasteiger partial charge in [-0.25, -0.2) is 0 Å². The van der Waals surface area contributed by atoms with Crippen molar-refractivity contribution in [3.8, 4) is 5.75 Å². The summed E-state index contributed by atoms with van der Waals surface area (Å²) in [5.74, 6) is 2.07. The highest BCUT2D eigenvalue weighted by atomic mass is 35.5. The van der Waals surface area contributed by atoms with Gasteiger partial charge in [-0.05, 0) is 62.0 Å². The molecule has 0 aliphatic rings. The van der Waals surface area contributed by atoms with E-state index in [0.717, 1.165) is 25.1 Å². The standard InChI is InChI=1S/C21H29NO.ClH/c1-5-21(18-12-9-13-20(15-18)23-4)19(16-22(2)3)14-17-10-7-6-8-11-17;/h6-13,15,19,21H,5,14,16H2,1-4H3;1H/t19-,21-;/m1./s1. The molecule has 0 amide bonds. The minimum absolute atomic E-state index is 0. The van der Waals surface area contributed by atoms with Crippen LogP contribution in [0.15, 0.2) is 54.6 Å². The van der Waals surface area contributed by atoms with E-state index in [-0.39, 0.29) is 12.4 Å². The summed E-state index contributed by atoms with van der Waals surface area (Å²) in [7, 11) is 6.06. The Morgan fingerprint density at radius 1 is 1.00 bits per heavy atom. The number of halogens is 1. The first kappa shape index (κ1) is 20.5. The van der Waals surface area contributed by atoms with Gasteiger partial charge in [-0.15, -0.1) is 12.4 Å². The van der Waals surface area contributed by atoms with Crippen LogP contribution in [0.1, 0.15) is 30.4 Å². The van der Waals surface area contributed by atoms with E-state index in [4.69, 9.17) is 4.74 Å². The quantitative estimate of drug-likeness (QED) is 0.664. The van der Waals surface area contributed by atoms with Crippen LogP contribution in [0, 0.1) is 5.92 Å². The Labute approximate surface area is 153 Å². The molecule has 2 nitrogen and oxygen atoms in total. The van der Waals surface area contributed by atoms with E-state index in [1.165, 1.54) is 11.1 Å². The third kappa shape index (κ3) is 5.85. The predicted octanol–water partition coefficient (Wildman–Crippen LogP) is 5.03. The van der Waals surface area contributed by atoms with E-state index in [0.29, 0.717) is 11.8 Å². The maximum absolute atomic E-state index is 5.42. The SMILES string of the molecule is CC[C@H](c1cccc(OC)c1)[C@H](Cc1ccccc1)CN(C)C.Cl. The van der Waals surface area contributed by atoms with Crippen LogP contribution in [0.3, 0.4) is 0 Å². The lowest BCUT2D eigenvalue weighted by Gasteiger charge is -2.29. The molecule has 3 heteroatoms. The van der Waals surface area contributed by atoms with E-state index < -0.39 is 0 Å². The molecule has 0 aromatic heterocycles. The van der Waals surface area contributed by atoms with Gasteiger partial charge in [-0.3, -0.25) is 0 Å². The van der Waals surface area contributed by atoms with Crippen molar-refractivity contribution in [3.05, 3.63) is 65.7 Å². The van der Waals surface area contributed by atoms with Crippen molar-refractivity contribution in [1.82, 2.24) is 4.90 Å². The highest BCUT2D eigenvalue weighted by molar-refractivity contribution is 5.85. The Bertz CT molecular complexity index is 585. The van der Waals surface area contributed by atoms with Crippen LogP contribution in [0.5, 0.6) is 5.75 Å². The lowest BCUT2D eigenvalue weighted by atomic mass is 9.80. The molecule has 0 saturated carbocycles. The molecule has 2 rings (SSSR count). The zero-order valence-corrected chi connectivity index (χ0v) is 16.1. The minimum atomic E-state index is 0. The zero-order chi connectivity index (χ0) is 16.7. The summed E-state index contributed by atoms with van der Waals surface area (Å²) < 4.78 is 5.42. The first-order chi connectivity index (χ1) is 11.1. The fraction of sp³-hybridized carbons (Fsp3) is 0.429. The number of ether oxygens (including phenoxy) is 1. The minimum Gasteiger partial charge on any atom is -0.497 e. The summed E-state index contributed by atoms with van der Waals surface area (Å²) >= 11 is 0. The first-order valence-corrected chi connectivity index (χ1v) is 8.46. The average molecular weight is 348 g/mol. The highest BCUT2D eigenvalue weighted by Gasteiger charge is 2.23. The highest BCUT2D eigenvalue weighted by Crippen LogP contribution is 2.33. The van der Waals surface area contributed by atoms with Gasteiger partial charge in [0.05, 0.1) is 7.11 Å². The van der Waals surface area contributed by atoms with Crippen LogP contribution < -0.4 is 4.74 Å². The number of nitrogens with zero attached hydrogens (tertiary/aromatic N) is 1. The molecule has 0 fully saturated rings. The van der Waals surface area contributed by atoms with E-state index in [9.17, 15) is 0 Å². The summed E-state index contributed by atoms with van der Waals surface area (Å²) in [4.78, 5) is 2.30. The molecule has 2 atom stereocenters. The molecule has 132 valence electrons. The van der Waals surface area contributed by atoms with Crippen molar-refractivity contribution >= 4 is 12.4 Å². The molecule has 0 aliphatic heterocycles. The van der Waals surface area contributed by atoms with Crippen molar-refractivity contribution in [1.29, 1.82) is 0 Å². The molecule has 0 bridgehead atoms. The Morgan fingerprint density at radius 2 is 1.71 bits per heavy atom. The fourth-order valence-electron chi connectivity index (χ4n) is 3.43. The molecule has 0 saturated heterocycles. The summed E-state index contributed by atoms with van der Waals surface area (Å²) in [6.07, 6.45) is 2.24. The zero-order valence-electron chi connectivity index (χ0n) is 15.2. The molecule has 0 unspecified atom stereocenters. The van der Waals surface area contributed by atoms with Crippen molar-refractivity contribution < 1.29 is 4.74 Å². The van der Waals surface area contributed by atoms with Crippen LogP contribution in [0.4, 0.5) is 0 Å². The summed E-state index contributed by atoms with van der Waals surface area (Å²) in [5, 5.41) is 0. The van der Waals surface area contributed by atoms with Gasteiger partial charge in [0.15, 0.2) is 0 Å². The lowest BCUT2D eigenvalue weighted by Crippen LogP contribution is -2.28. The van der Waals surface area contributed by atoms with Crippen molar-refractivity contribution in [2.45, 2.75) is 25.7 Å². The van der Waals surface area contributed by atoms with E-state index in [2.05, 4.69) is 74.4 Å². The maximum atomic E-state index is 5.42. The van der Waals surface area contributed by atoms with Crippen LogP contribution >= 0.6 is 12.4 Å². The van der Waals surface area contributed by atoms with Crippen molar-refractivity contribution in [2.75, 3.05) is 27.7 Å². The Hall–Kier alpha value is -1.51. The van der Waals surface area contributed by atoms with Gasteiger partial charge in [0.1, 0.15) is 5.75 Å². The molecule has 0 heterocycles. The Balaban J connectivity index is 0.00000288. The summed E-state index contributed by atoms with van der Waals surface area (Å²) in [6, 6.07) is 19.4. The second kappa shape index (κ2) is 10.4. The first-order valence-electron chi connectivity index (χ1n) is 8.46. The van der Waals surface area contributed by atoms with E-state index >= 15 is 0 Å². The number of rotatable bonds is 8. The van der Waals surface area contributed by atoms with Gasteiger partial charge >= 0.3 is 0 Å². The Kier molecular flexibility index (Phi) is 8.88. The monoisotopic (exact) mass is 347 g/mol. The normalized spacial score (nSPS) is 13.2. The van der Waals surface area contributed by atoms with E-state index in [1.54, 1.807) is 7.11 Å². The van der Waals surface area contributed by atoms with Crippen molar-refractivity contribution in [2.24, 2.45) is 5.92 Å². The maximum Gasteiger partial charge on any atom is 0.119 e. The van der Waals surface area contributed by atoms with Crippen LogP contribution in [-0.4, -0.2) is 32.6 Å². The number of hydrogen-bond acceptors (Lipinski definition) is 2. The third-order valence-electron chi connectivity index (χ3n) is 4.47. The molecular formula is C21H30ClNO. The molecule has 0 spiro atoms. The molecule has 24 heavy (non-hydrogen) atoms. The van der Waals surface area contributed by atoms with Gasteiger partial charge in [0.2, 0.25) is 0 Å². The number of methoxy groups -OCH3 is 1. The molecule has 0 radical (unpaired) electrons. The molecule has 0 N–H and O–H groups in total. The van der Waals surface area contributed by atoms with E-state index in [1.807, 2.05) is 6.07 Å². The van der Waals surface area contributed by atoms with Gasteiger partial charge < -0.3 is 9.64 Å². The van der Waals surface area contributed by atoms with Gasteiger partial charge in [0.25, 0.3) is 0 Å². The molecule has 2 aromatic carbocycles. The summed E-state index contributed by atoms with van der Waals surface area (Å²) in [5.41, 5.74) is 2.80. The van der Waals surface area contributed by atoms with Crippen molar-refractivity contribution in [3.63, 3.8) is 0 Å². The molecule has 2 aromatic rings. The van der Waals surface area contributed by atoms with Crippen LogP contribution in [0.2, 0.25) is 0 Å². The smallest absolute Gasteiger partial charge is 0.119 e. The largest absolute Gasteiger partial charge is 0.497 e. The second-order valence-corrected chi connectivity index (χ2v) is 6.50. The molecular weight excluding hydrogens is 318 g/mol. The summed E-state index contributed by atoms with van der Waals surface area (Å²) in [6.45, 7) is 3.38. The second-order valence-electron chi connectivity index (χ2n) is 6.50. The molecule has 0 aliphatic carbocycles. The fourth-order valence-corrected chi connectivity index (χ4v) is 3.43. The van der Waals surface area contributed by atoms with Crippen LogP contribution in [0.25, 0.3) is 0 Å².